The highest BCUT2D eigenvalue weighted by Gasteiger charge is 2.35. The van der Waals surface area contributed by atoms with E-state index in [2.05, 4.69) is 221 Å². The number of aryl methyl sites for hydroxylation is 6. The standard InChI is InChI=1S/C59H68N2Si2/c1-36(2)48-35-53(60(57-38(4)19-16-20-39(57)5)43-23-18-24-44(32-43)62(10,11)12)49-34-50-54-42(29-30-59(50,8)9)31-52(47-28-27-46(48)55(49)56(47)54)61(58-40(6)21-17-22-41(58)7)51-33-45(63(13,14)15)26-25-37(51)3/h16-28,31-36H,29-30H2,1-15H3. The molecule has 8 aromatic rings. The quantitative estimate of drug-likeness (QED) is 0.105. The van der Waals surface area contributed by atoms with Gasteiger partial charge < -0.3 is 9.80 Å². The minimum absolute atomic E-state index is 0.00496. The summed E-state index contributed by atoms with van der Waals surface area (Å²) in [5, 5.41) is 11.3. The Morgan fingerprint density at radius 1 is 0.492 bits per heavy atom. The number of nitrogens with zero attached hydrogens (tertiary/aromatic N) is 2. The molecule has 0 N–H and O–H groups in total. The van der Waals surface area contributed by atoms with E-state index in [1.165, 1.54) is 121 Å². The maximum absolute atomic E-state index is 2.67. The van der Waals surface area contributed by atoms with E-state index >= 15 is 0 Å². The van der Waals surface area contributed by atoms with Crippen LogP contribution in [0.2, 0.25) is 39.3 Å². The number of rotatable bonds is 9. The van der Waals surface area contributed by atoms with Crippen LogP contribution in [0.3, 0.4) is 0 Å². The summed E-state index contributed by atoms with van der Waals surface area (Å²) in [5.74, 6) is 0.322. The molecule has 0 atom stereocenters. The van der Waals surface area contributed by atoms with Crippen LogP contribution in [0, 0.1) is 34.6 Å². The second-order valence-electron chi connectivity index (χ2n) is 22.0. The minimum atomic E-state index is -1.64. The van der Waals surface area contributed by atoms with Gasteiger partial charge in [-0.15, -0.1) is 0 Å². The van der Waals surface area contributed by atoms with E-state index in [0.717, 1.165) is 12.8 Å². The SMILES string of the molecule is Cc1ccc([Si](C)(C)C)cc1N(c1c(C)cccc1C)c1cc2c3c(cc4c(N(c5cccc([Si](C)(C)C)c5)c5c(C)cccc5C)cc(C(C)C)c5ccc1c3c54)C(C)(C)CC2. The zero-order chi connectivity index (χ0) is 45.1. The Morgan fingerprint density at radius 2 is 1.05 bits per heavy atom. The average Bonchev–Trinajstić information content (AvgIpc) is 3.21. The zero-order valence-electron chi connectivity index (χ0n) is 40.8. The molecular formula is C59H68N2Si2. The summed E-state index contributed by atoms with van der Waals surface area (Å²) in [5.41, 5.74) is 18.5. The van der Waals surface area contributed by atoms with Crippen molar-refractivity contribution in [1.29, 1.82) is 0 Å². The fourth-order valence-corrected chi connectivity index (χ4v) is 13.2. The molecule has 9 rings (SSSR count). The minimum Gasteiger partial charge on any atom is -0.309 e. The van der Waals surface area contributed by atoms with Gasteiger partial charge in [0.1, 0.15) is 0 Å². The molecule has 0 aliphatic heterocycles. The van der Waals surface area contributed by atoms with E-state index in [4.69, 9.17) is 0 Å². The van der Waals surface area contributed by atoms with Crippen LogP contribution < -0.4 is 20.2 Å². The first-order valence-electron chi connectivity index (χ1n) is 23.4. The van der Waals surface area contributed by atoms with Gasteiger partial charge in [-0.05, 0) is 156 Å². The summed E-state index contributed by atoms with van der Waals surface area (Å²) >= 11 is 0. The van der Waals surface area contributed by atoms with Crippen LogP contribution in [0.5, 0.6) is 0 Å². The van der Waals surface area contributed by atoms with Crippen molar-refractivity contribution in [3.05, 3.63) is 154 Å². The van der Waals surface area contributed by atoms with Crippen LogP contribution in [0.15, 0.2) is 109 Å². The molecule has 0 radical (unpaired) electrons. The molecule has 322 valence electrons. The fraction of sp³-hybridized carbons (Fsp3) is 0.322. The van der Waals surface area contributed by atoms with Gasteiger partial charge in [-0.2, -0.15) is 0 Å². The summed E-state index contributed by atoms with van der Waals surface area (Å²) in [6, 6.07) is 43.2. The number of hydrogen-bond donors (Lipinski definition) is 0. The van der Waals surface area contributed by atoms with Gasteiger partial charge in [-0.1, -0.05) is 150 Å². The summed E-state index contributed by atoms with van der Waals surface area (Å²) in [4.78, 5) is 5.31. The third-order valence-electron chi connectivity index (χ3n) is 14.5. The third-order valence-corrected chi connectivity index (χ3v) is 18.6. The highest BCUT2D eigenvalue weighted by molar-refractivity contribution is 6.89. The van der Waals surface area contributed by atoms with E-state index in [9.17, 15) is 0 Å². The van der Waals surface area contributed by atoms with Gasteiger partial charge in [0.25, 0.3) is 0 Å². The van der Waals surface area contributed by atoms with Gasteiger partial charge in [-0.3, -0.25) is 0 Å². The Morgan fingerprint density at radius 3 is 1.65 bits per heavy atom. The van der Waals surface area contributed by atoms with Gasteiger partial charge in [0.05, 0.1) is 38.9 Å². The van der Waals surface area contributed by atoms with Crippen molar-refractivity contribution in [3.8, 4) is 0 Å². The molecule has 8 aromatic carbocycles. The summed E-state index contributed by atoms with van der Waals surface area (Å²) in [6.07, 6.45) is 2.16. The van der Waals surface area contributed by atoms with Crippen molar-refractivity contribution < 1.29 is 0 Å². The second kappa shape index (κ2) is 15.2. The third kappa shape index (κ3) is 7.13. The molecule has 2 nitrogen and oxygen atoms in total. The monoisotopic (exact) mass is 860 g/mol. The molecule has 0 saturated carbocycles. The normalized spacial score (nSPS) is 14.1. The maximum atomic E-state index is 2.67. The number of benzene rings is 8. The Balaban J connectivity index is 1.49. The van der Waals surface area contributed by atoms with Gasteiger partial charge in [-0.25, -0.2) is 0 Å². The van der Waals surface area contributed by atoms with Crippen LogP contribution in [-0.2, 0) is 11.8 Å². The lowest BCUT2D eigenvalue weighted by Crippen LogP contribution is -2.38. The van der Waals surface area contributed by atoms with Crippen LogP contribution in [0.4, 0.5) is 34.1 Å². The van der Waals surface area contributed by atoms with Crippen LogP contribution in [0.25, 0.3) is 32.3 Å². The van der Waals surface area contributed by atoms with E-state index in [1.54, 1.807) is 0 Å². The molecule has 0 bridgehead atoms. The lowest BCUT2D eigenvalue weighted by molar-refractivity contribution is 0.475. The molecule has 0 unspecified atom stereocenters. The van der Waals surface area contributed by atoms with Crippen molar-refractivity contribution in [1.82, 2.24) is 0 Å². The van der Waals surface area contributed by atoms with Gasteiger partial charge in [0, 0.05) is 27.5 Å². The zero-order valence-corrected chi connectivity index (χ0v) is 42.8. The predicted molar refractivity (Wildman–Crippen MR) is 285 cm³/mol. The number of anilines is 6. The highest BCUT2D eigenvalue weighted by Crippen LogP contribution is 2.55. The summed E-state index contributed by atoms with van der Waals surface area (Å²) < 4.78 is 0. The van der Waals surface area contributed by atoms with Gasteiger partial charge in [0.15, 0.2) is 0 Å². The number of hydrogen-bond acceptors (Lipinski definition) is 2. The van der Waals surface area contributed by atoms with Crippen molar-refractivity contribution in [2.75, 3.05) is 9.80 Å². The van der Waals surface area contributed by atoms with Gasteiger partial charge >= 0.3 is 0 Å². The fourth-order valence-electron chi connectivity index (χ4n) is 10.8. The first-order chi connectivity index (χ1) is 29.7. The molecule has 0 spiro atoms. The Bertz CT molecular complexity index is 3060. The molecule has 0 saturated heterocycles. The lowest BCUT2D eigenvalue weighted by Gasteiger charge is -2.38. The highest BCUT2D eigenvalue weighted by atomic mass is 28.3. The molecule has 0 amide bonds. The number of para-hydroxylation sites is 2. The van der Waals surface area contributed by atoms with E-state index in [-0.39, 0.29) is 5.41 Å². The van der Waals surface area contributed by atoms with Crippen LogP contribution in [-0.4, -0.2) is 16.1 Å². The predicted octanol–water partition coefficient (Wildman–Crippen LogP) is 16.5. The van der Waals surface area contributed by atoms with Crippen molar-refractivity contribution in [2.45, 2.75) is 126 Å². The molecule has 1 aliphatic carbocycles. The largest absolute Gasteiger partial charge is 0.309 e. The molecule has 4 heteroatoms. The topological polar surface area (TPSA) is 6.48 Å². The van der Waals surface area contributed by atoms with Crippen molar-refractivity contribution in [2.24, 2.45) is 0 Å². The Labute approximate surface area is 380 Å². The molecule has 0 heterocycles. The molecule has 0 aromatic heterocycles. The maximum Gasteiger partial charge on any atom is 0.0776 e. The Hall–Kier alpha value is -5.17. The summed E-state index contributed by atoms with van der Waals surface area (Å²) in [6.45, 7) is 36.1. The van der Waals surface area contributed by atoms with E-state index in [0.29, 0.717) is 5.92 Å². The smallest absolute Gasteiger partial charge is 0.0776 e. The van der Waals surface area contributed by atoms with Crippen molar-refractivity contribution in [3.63, 3.8) is 0 Å². The van der Waals surface area contributed by atoms with Crippen molar-refractivity contribution >= 4 is 93.0 Å². The van der Waals surface area contributed by atoms with E-state index in [1.807, 2.05) is 0 Å². The lowest BCUT2D eigenvalue weighted by atomic mass is 9.70. The van der Waals surface area contributed by atoms with Gasteiger partial charge in [0.2, 0.25) is 0 Å². The molecule has 63 heavy (non-hydrogen) atoms. The molecule has 0 fully saturated rings. The Kier molecular flexibility index (Phi) is 10.4. The first kappa shape index (κ1) is 43.1. The average molecular weight is 861 g/mol. The second-order valence-corrected chi connectivity index (χ2v) is 32.2. The first-order valence-corrected chi connectivity index (χ1v) is 30.4. The van der Waals surface area contributed by atoms with Crippen LogP contribution >= 0.6 is 0 Å². The molecular weight excluding hydrogens is 793 g/mol. The van der Waals surface area contributed by atoms with Crippen LogP contribution in [0.1, 0.15) is 84.5 Å². The van der Waals surface area contributed by atoms with E-state index < -0.39 is 16.1 Å². The summed E-state index contributed by atoms with van der Waals surface area (Å²) in [7, 11) is -3.28. The molecule has 1 aliphatic rings.